The Kier molecular flexibility index (Phi) is 4.50. The lowest BCUT2D eigenvalue weighted by molar-refractivity contribution is 0.0977. The van der Waals surface area contributed by atoms with Gasteiger partial charge in [-0.1, -0.05) is 30.0 Å². The third-order valence-electron chi connectivity index (χ3n) is 4.83. The van der Waals surface area contributed by atoms with E-state index in [1.165, 1.54) is 17.8 Å². The van der Waals surface area contributed by atoms with Crippen LogP contribution in [0.3, 0.4) is 0 Å². The van der Waals surface area contributed by atoms with Gasteiger partial charge in [0.05, 0.1) is 0 Å². The molecule has 0 unspecified atom stereocenters. The summed E-state index contributed by atoms with van der Waals surface area (Å²) in [4.78, 5) is 17.1. The van der Waals surface area contributed by atoms with E-state index in [1.54, 1.807) is 24.3 Å². The molecule has 0 spiro atoms. The average Bonchev–Trinajstić information content (AvgIpc) is 3.08. The molecule has 1 saturated heterocycles. The Hall–Kier alpha value is -2.25. The van der Waals surface area contributed by atoms with Crippen LogP contribution >= 0.6 is 11.8 Å². The molecule has 0 bridgehead atoms. The first-order valence-corrected chi connectivity index (χ1v) is 9.32. The monoisotopic (exact) mass is 373 g/mol. The molecular formula is C19H17F2N3OS. The molecule has 0 saturated carbocycles. The fourth-order valence-corrected chi connectivity index (χ4v) is 4.64. The van der Waals surface area contributed by atoms with Crippen molar-refractivity contribution >= 4 is 22.8 Å². The molecule has 134 valence electrons. The van der Waals surface area contributed by atoms with Crippen molar-refractivity contribution in [2.45, 2.75) is 5.54 Å². The number of aliphatic imine (C=N–C) groups is 1. The van der Waals surface area contributed by atoms with Crippen LogP contribution < -0.4 is 10.6 Å². The smallest absolute Gasteiger partial charge is 0.257 e. The van der Waals surface area contributed by atoms with E-state index in [4.69, 9.17) is 4.99 Å². The van der Waals surface area contributed by atoms with Crippen LogP contribution in [0.1, 0.15) is 15.9 Å². The van der Waals surface area contributed by atoms with Gasteiger partial charge >= 0.3 is 0 Å². The van der Waals surface area contributed by atoms with E-state index in [0.29, 0.717) is 29.6 Å². The van der Waals surface area contributed by atoms with Gasteiger partial charge in [-0.3, -0.25) is 4.79 Å². The van der Waals surface area contributed by atoms with E-state index in [2.05, 4.69) is 10.6 Å². The molecule has 2 aliphatic heterocycles. The van der Waals surface area contributed by atoms with Crippen LogP contribution in [0.2, 0.25) is 0 Å². The summed E-state index contributed by atoms with van der Waals surface area (Å²) in [6.07, 6.45) is 0. The summed E-state index contributed by atoms with van der Waals surface area (Å²) in [6.45, 7) is 1.08. The Balaban J connectivity index is 1.69. The number of amides is 1. The molecular weight excluding hydrogens is 356 g/mol. The summed E-state index contributed by atoms with van der Waals surface area (Å²) in [5.41, 5.74) is -0.149. The Morgan fingerprint density at radius 3 is 2.85 bits per heavy atom. The number of hydrogen-bond donors (Lipinski definition) is 2. The van der Waals surface area contributed by atoms with Gasteiger partial charge in [0, 0.05) is 35.9 Å². The van der Waals surface area contributed by atoms with Gasteiger partial charge in [-0.2, -0.15) is 0 Å². The van der Waals surface area contributed by atoms with E-state index in [1.807, 2.05) is 6.07 Å². The molecule has 0 radical (unpaired) electrons. The fourth-order valence-electron chi connectivity index (χ4n) is 3.50. The second-order valence-electron chi connectivity index (χ2n) is 6.42. The number of nitrogens with one attached hydrogen (secondary N) is 2. The van der Waals surface area contributed by atoms with Crippen LogP contribution in [0.5, 0.6) is 0 Å². The molecule has 2 aromatic carbocycles. The van der Waals surface area contributed by atoms with Gasteiger partial charge in [0.15, 0.2) is 5.17 Å². The molecule has 2 atom stereocenters. The SMILES string of the molecule is O=C(NC1=N[C@@]2(c3cc(F)ccc3F)CNC[C@H]2CS1)c1ccccc1. The van der Waals surface area contributed by atoms with Crippen molar-refractivity contribution in [3.05, 3.63) is 71.3 Å². The molecule has 0 aliphatic carbocycles. The van der Waals surface area contributed by atoms with Gasteiger partial charge in [-0.15, -0.1) is 0 Å². The lowest BCUT2D eigenvalue weighted by atomic mass is 9.81. The number of benzene rings is 2. The van der Waals surface area contributed by atoms with Crippen molar-refractivity contribution in [2.24, 2.45) is 10.9 Å². The number of thioether (sulfide) groups is 1. The number of hydrogen-bond acceptors (Lipinski definition) is 4. The zero-order valence-electron chi connectivity index (χ0n) is 13.8. The number of halogens is 2. The highest BCUT2D eigenvalue weighted by atomic mass is 32.2. The van der Waals surface area contributed by atoms with Crippen molar-refractivity contribution in [3.8, 4) is 0 Å². The number of amidine groups is 1. The zero-order chi connectivity index (χ0) is 18.1. The maximum atomic E-state index is 14.5. The van der Waals surface area contributed by atoms with Gasteiger partial charge < -0.3 is 10.6 Å². The number of nitrogens with zero attached hydrogens (tertiary/aromatic N) is 1. The predicted molar refractivity (Wildman–Crippen MR) is 98.2 cm³/mol. The summed E-state index contributed by atoms with van der Waals surface area (Å²) in [7, 11) is 0. The highest BCUT2D eigenvalue weighted by Gasteiger charge is 2.48. The fraction of sp³-hybridized carbons (Fsp3) is 0.263. The van der Waals surface area contributed by atoms with Crippen LogP contribution in [-0.4, -0.2) is 29.9 Å². The maximum Gasteiger partial charge on any atom is 0.257 e. The van der Waals surface area contributed by atoms with Crippen LogP contribution in [0.15, 0.2) is 53.5 Å². The zero-order valence-corrected chi connectivity index (χ0v) is 14.7. The van der Waals surface area contributed by atoms with Crippen molar-refractivity contribution in [3.63, 3.8) is 0 Å². The van der Waals surface area contributed by atoms with Crippen LogP contribution in [0, 0.1) is 17.6 Å². The number of carbonyl (C=O) groups is 1. The van der Waals surface area contributed by atoms with Crippen LogP contribution in [0.25, 0.3) is 0 Å². The number of fused-ring (bicyclic) bond motifs is 1. The summed E-state index contributed by atoms with van der Waals surface area (Å²) < 4.78 is 28.3. The third-order valence-corrected chi connectivity index (χ3v) is 5.87. The lowest BCUT2D eigenvalue weighted by Crippen LogP contribution is -2.43. The maximum absolute atomic E-state index is 14.5. The Labute approximate surface area is 154 Å². The number of carbonyl (C=O) groups excluding carboxylic acids is 1. The molecule has 26 heavy (non-hydrogen) atoms. The quantitative estimate of drug-likeness (QED) is 0.851. The Bertz CT molecular complexity index is 874. The summed E-state index contributed by atoms with van der Waals surface area (Å²) in [5.74, 6) is -0.553. The average molecular weight is 373 g/mol. The van der Waals surface area contributed by atoms with Crippen LogP contribution in [0.4, 0.5) is 8.78 Å². The lowest BCUT2D eigenvalue weighted by Gasteiger charge is -2.35. The van der Waals surface area contributed by atoms with E-state index >= 15 is 0 Å². The minimum absolute atomic E-state index is 0.0289. The van der Waals surface area contributed by atoms with E-state index in [9.17, 15) is 13.6 Å². The molecule has 2 aromatic rings. The highest BCUT2D eigenvalue weighted by Crippen LogP contribution is 2.43. The van der Waals surface area contributed by atoms with E-state index in [0.717, 1.165) is 12.1 Å². The summed E-state index contributed by atoms with van der Waals surface area (Å²) in [6, 6.07) is 12.3. The standard InChI is InChI=1S/C19H17F2N3OS/c20-14-6-7-16(21)15(8-14)19-11-22-9-13(19)10-26-18(24-19)23-17(25)12-4-2-1-3-5-12/h1-8,13,22H,9-11H2,(H,23,24,25)/t13-,19-/m0/s1. The van der Waals surface area contributed by atoms with Gasteiger partial charge in [0.1, 0.15) is 17.2 Å². The first-order valence-electron chi connectivity index (χ1n) is 8.34. The van der Waals surface area contributed by atoms with Gasteiger partial charge in [0.25, 0.3) is 5.91 Å². The topological polar surface area (TPSA) is 53.5 Å². The normalized spacial score (nSPS) is 24.7. The van der Waals surface area contributed by atoms with Crippen molar-refractivity contribution in [2.75, 3.05) is 18.8 Å². The summed E-state index contributed by atoms with van der Waals surface area (Å²) in [5, 5.41) is 6.47. The molecule has 7 heteroatoms. The molecule has 4 rings (SSSR count). The van der Waals surface area contributed by atoms with Gasteiger partial charge in [0.2, 0.25) is 0 Å². The van der Waals surface area contributed by atoms with Crippen molar-refractivity contribution in [1.29, 1.82) is 0 Å². The molecule has 4 nitrogen and oxygen atoms in total. The molecule has 1 fully saturated rings. The minimum Gasteiger partial charge on any atom is -0.314 e. The first kappa shape index (κ1) is 17.2. The first-order chi connectivity index (χ1) is 12.6. The largest absolute Gasteiger partial charge is 0.314 e. The van der Waals surface area contributed by atoms with Gasteiger partial charge in [-0.05, 0) is 30.3 Å². The molecule has 0 aromatic heterocycles. The Morgan fingerprint density at radius 2 is 2.04 bits per heavy atom. The molecule has 2 N–H and O–H groups in total. The second kappa shape index (κ2) is 6.81. The minimum atomic E-state index is -0.906. The van der Waals surface area contributed by atoms with Crippen molar-refractivity contribution < 1.29 is 13.6 Å². The second-order valence-corrected chi connectivity index (χ2v) is 7.43. The van der Waals surface area contributed by atoms with Gasteiger partial charge in [-0.25, -0.2) is 13.8 Å². The predicted octanol–water partition coefficient (Wildman–Crippen LogP) is 2.91. The summed E-state index contributed by atoms with van der Waals surface area (Å²) >= 11 is 1.43. The van der Waals surface area contributed by atoms with E-state index < -0.39 is 17.2 Å². The Morgan fingerprint density at radius 1 is 1.23 bits per heavy atom. The van der Waals surface area contributed by atoms with Crippen molar-refractivity contribution in [1.82, 2.24) is 10.6 Å². The molecule has 2 heterocycles. The molecule has 1 amide bonds. The van der Waals surface area contributed by atoms with Crippen LogP contribution in [-0.2, 0) is 5.54 Å². The number of rotatable bonds is 2. The molecule has 2 aliphatic rings. The third kappa shape index (κ3) is 3.01. The van der Waals surface area contributed by atoms with E-state index in [-0.39, 0.29) is 17.4 Å². The highest BCUT2D eigenvalue weighted by molar-refractivity contribution is 8.13.